The quantitative estimate of drug-likeness (QED) is 0.0259. The predicted molar refractivity (Wildman–Crippen MR) is 300 cm³/mol. The number of carbonyl (C=O) groups is 1. The lowest BCUT2D eigenvalue weighted by molar-refractivity contribution is -0.359. The molecule has 12 atom stereocenters. The van der Waals surface area contributed by atoms with Crippen molar-refractivity contribution in [2.45, 2.75) is 364 Å². The number of hydrogen-bond donors (Lipinski definition) is 9. The lowest BCUT2D eigenvalue weighted by atomic mass is 9.97. The molecule has 4 unspecified atom stereocenters. The zero-order valence-electron chi connectivity index (χ0n) is 48.1. The molecule has 0 aromatic heterocycles. The van der Waals surface area contributed by atoms with E-state index < -0.39 is 86.8 Å². The van der Waals surface area contributed by atoms with Gasteiger partial charge in [0.15, 0.2) is 12.6 Å². The van der Waals surface area contributed by atoms with E-state index in [1.807, 2.05) is 0 Å². The van der Waals surface area contributed by atoms with E-state index in [4.69, 9.17) is 18.9 Å². The largest absolute Gasteiger partial charge is 0.394 e. The van der Waals surface area contributed by atoms with Crippen molar-refractivity contribution < 1.29 is 64.6 Å². The number of unbranched alkanes of at least 4 members (excludes halogenated alkanes) is 39. The van der Waals surface area contributed by atoms with Gasteiger partial charge in [-0.15, -0.1) is 0 Å². The fourth-order valence-electron chi connectivity index (χ4n) is 10.9. The minimum absolute atomic E-state index is 0.199. The van der Waals surface area contributed by atoms with Crippen molar-refractivity contribution in [3.63, 3.8) is 0 Å². The molecule has 446 valence electrons. The van der Waals surface area contributed by atoms with E-state index in [0.29, 0.717) is 12.8 Å². The molecule has 0 aliphatic carbocycles. The van der Waals surface area contributed by atoms with Crippen LogP contribution in [0.5, 0.6) is 0 Å². The highest BCUT2D eigenvalue weighted by molar-refractivity contribution is 5.76. The van der Waals surface area contributed by atoms with E-state index >= 15 is 0 Å². The molecule has 0 spiro atoms. The normalized spacial score (nSPS) is 24.9. The van der Waals surface area contributed by atoms with Gasteiger partial charge in [0.1, 0.15) is 48.8 Å². The molecule has 2 aliphatic rings. The first-order valence-electron chi connectivity index (χ1n) is 31.8. The van der Waals surface area contributed by atoms with Crippen LogP contribution in [0.3, 0.4) is 0 Å². The van der Waals surface area contributed by atoms with Gasteiger partial charge in [0, 0.05) is 6.42 Å². The molecular formula is C61H119NO13. The number of nitrogens with one attached hydrogen (secondary N) is 1. The minimum Gasteiger partial charge on any atom is -0.394 e. The molecule has 2 fully saturated rings. The highest BCUT2D eigenvalue weighted by atomic mass is 16.7. The van der Waals surface area contributed by atoms with Crippen LogP contribution in [0.25, 0.3) is 0 Å². The van der Waals surface area contributed by atoms with Crippen molar-refractivity contribution in [1.29, 1.82) is 0 Å². The van der Waals surface area contributed by atoms with Crippen molar-refractivity contribution in [1.82, 2.24) is 5.32 Å². The summed E-state index contributed by atoms with van der Waals surface area (Å²) in [7, 11) is 0. The van der Waals surface area contributed by atoms with Gasteiger partial charge in [0.2, 0.25) is 5.91 Å². The maximum atomic E-state index is 13.3. The molecule has 0 saturated carbocycles. The second-order valence-corrected chi connectivity index (χ2v) is 22.9. The molecule has 1 amide bonds. The van der Waals surface area contributed by atoms with Crippen LogP contribution in [0.1, 0.15) is 290 Å². The standard InChI is InChI=1S/C61H119NO13/c1-3-5-7-9-11-13-15-17-19-21-22-23-24-25-26-27-28-29-31-33-35-37-39-41-43-45-53(66)62-49(50(65)44-42-40-38-36-34-32-30-20-18-16-14-12-10-8-6-4-2)48-72-60-58(71)56(69)59(52(47-64)74-60)75-61-57(70)55(68)54(67)51(46-63)73-61/h49-52,54-61,63-65,67-71H,3-48H2,1-2H3,(H,62,66)/t49-,50+,51+,52+,54-,55?,56?,57?,58?,59+,60+,61-/m0/s1. The van der Waals surface area contributed by atoms with Crippen LogP contribution in [0, 0.1) is 0 Å². The predicted octanol–water partition coefficient (Wildman–Crippen LogP) is 11.3. The summed E-state index contributed by atoms with van der Waals surface area (Å²) in [5, 5.41) is 87.3. The SMILES string of the molecule is CCCCCCCCCCCCCCCCCCCCCCCCCCCC(=O)N[C@@H](CO[C@@H]1O[C@H](CO)[C@@H](O[C@@H]2O[C@H](CO)[C@H](O)C(O)C2O)C(O)C1O)[C@H](O)CCCCCCCCCCCCCCCCCC. The zero-order valence-corrected chi connectivity index (χ0v) is 48.1. The van der Waals surface area contributed by atoms with Crippen LogP contribution >= 0.6 is 0 Å². The molecule has 14 heteroatoms. The van der Waals surface area contributed by atoms with Crippen molar-refractivity contribution in [3.8, 4) is 0 Å². The van der Waals surface area contributed by atoms with Gasteiger partial charge in [-0.25, -0.2) is 0 Å². The van der Waals surface area contributed by atoms with Crippen LogP contribution in [0.2, 0.25) is 0 Å². The molecule has 2 aliphatic heterocycles. The Hall–Kier alpha value is -1.01. The van der Waals surface area contributed by atoms with Crippen LogP contribution in [0.15, 0.2) is 0 Å². The van der Waals surface area contributed by atoms with Crippen LogP contribution in [-0.4, -0.2) is 140 Å². The maximum absolute atomic E-state index is 13.3. The number of ether oxygens (including phenoxy) is 4. The summed E-state index contributed by atoms with van der Waals surface area (Å²) in [4.78, 5) is 13.3. The lowest BCUT2D eigenvalue weighted by Crippen LogP contribution is -2.65. The fourth-order valence-corrected chi connectivity index (χ4v) is 10.9. The first-order valence-corrected chi connectivity index (χ1v) is 31.8. The molecule has 0 bridgehead atoms. The maximum Gasteiger partial charge on any atom is 0.220 e. The summed E-state index contributed by atoms with van der Waals surface area (Å²) in [5.74, 6) is -0.199. The number of carbonyl (C=O) groups excluding carboxylic acids is 1. The Balaban J connectivity index is 1.69. The summed E-state index contributed by atoms with van der Waals surface area (Å²) in [6.45, 7) is 2.91. The van der Waals surface area contributed by atoms with Gasteiger partial charge in [0.05, 0.1) is 32.0 Å². The van der Waals surface area contributed by atoms with Gasteiger partial charge in [-0.1, -0.05) is 271 Å². The number of rotatable bonds is 52. The van der Waals surface area contributed by atoms with Gasteiger partial charge in [-0.05, 0) is 12.8 Å². The Morgan fingerprint density at radius 1 is 0.427 bits per heavy atom. The third-order valence-electron chi connectivity index (χ3n) is 16.1. The summed E-state index contributed by atoms with van der Waals surface area (Å²) < 4.78 is 22.9. The molecule has 2 heterocycles. The number of hydrogen-bond acceptors (Lipinski definition) is 13. The number of amides is 1. The van der Waals surface area contributed by atoms with Gasteiger partial charge < -0.3 is 65.1 Å². The van der Waals surface area contributed by atoms with Gasteiger partial charge in [0.25, 0.3) is 0 Å². The Labute approximate surface area is 457 Å². The van der Waals surface area contributed by atoms with Crippen LogP contribution < -0.4 is 5.32 Å². The van der Waals surface area contributed by atoms with Crippen molar-refractivity contribution >= 4 is 5.91 Å². The fraction of sp³-hybridized carbons (Fsp3) is 0.984. The monoisotopic (exact) mass is 1070 g/mol. The Bertz CT molecular complexity index is 1270. The third kappa shape index (κ3) is 33.4. The first kappa shape index (κ1) is 70.1. The molecule has 0 aromatic rings. The Kier molecular flexibility index (Phi) is 44.6. The van der Waals surface area contributed by atoms with Crippen LogP contribution in [-0.2, 0) is 23.7 Å². The zero-order chi connectivity index (χ0) is 54.6. The van der Waals surface area contributed by atoms with Gasteiger partial charge in [-0.3, -0.25) is 4.79 Å². The molecule has 9 N–H and O–H groups in total. The Morgan fingerprint density at radius 3 is 1.13 bits per heavy atom. The summed E-state index contributed by atoms with van der Waals surface area (Å²) in [6, 6.07) is -0.823. The summed E-state index contributed by atoms with van der Waals surface area (Å²) >= 11 is 0. The smallest absolute Gasteiger partial charge is 0.220 e. The van der Waals surface area contributed by atoms with E-state index in [2.05, 4.69) is 19.2 Å². The molecule has 2 rings (SSSR count). The molecule has 75 heavy (non-hydrogen) atoms. The number of aliphatic hydroxyl groups excluding tert-OH is 8. The first-order chi connectivity index (χ1) is 36.6. The topological polar surface area (TPSA) is 228 Å². The van der Waals surface area contributed by atoms with Crippen molar-refractivity contribution in [2.75, 3.05) is 19.8 Å². The summed E-state index contributed by atoms with van der Waals surface area (Å²) in [5.41, 5.74) is 0. The van der Waals surface area contributed by atoms with E-state index in [0.717, 1.165) is 51.4 Å². The van der Waals surface area contributed by atoms with E-state index in [1.54, 1.807) is 0 Å². The average Bonchev–Trinajstić information content (AvgIpc) is 3.41. The van der Waals surface area contributed by atoms with E-state index in [1.165, 1.54) is 212 Å². The van der Waals surface area contributed by atoms with Gasteiger partial charge >= 0.3 is 0 Å². The van der Waals surface area contributed by atoms with E-state index in [-0.39, 0.29) is 12.5 Å². The summed E-state index contributed by atoms with van der Waals surface area (Å²) in [6.07, 6.45) is 36.8. The molecule has 0 radical (unpaired) electrons. The Morgan fingerprint density at radius 2 is 0.760 bits per heavy atom. The van der Waals surface area contributed by atoms with Crippen molar-refractivity contribution in [3.05, 3.63) is 0 Å². The minimum atomic E-state index is -1.78. The second kappa shape index (κ2) is 47.8. The van der Waals surface area contributed by atoms with Crippen LogP contribution in [0.4, 0.5) is 0 Å². The van der Waals surface area contributed by atoms with E-state index in [9.17, 15) is 45.6 Å². The highest BCUT2D eigenvalue weighted by Crippen LogP contribution is 2.30. The highest BCUT2D eigenvalue weighted by Gasteiger charge is 2.51. The molecule has 0 aromatic carbocycles. The number of aliphatic hydroxyl groups is 8. The molecule has 2 saturated heterocycles. The average molecular weight is 1070 g/mol. The van der Waals surface area contributed by atoms with Crippen molar-refractivity contribution in [2.24, 2.45) is 0 Å². The second-order valence-electron chi connectivity index (χ2n) is 22.9. The third-order valence-corrected chi connectivity index (χ3v) is 16.1. The van der Waals surface area contributed by atoms with Gasteiger partial charge in [-0.2, -0.15) is 0 Å². The molecule has 14 nitrogen and oxygen atoms in total. The lowest BCUT2D eigenvalue weighted by Gasteiger charge is -2.46. The molecular weight excluding hydrogens is 955 g/mol.